The van der Waals surface area contributed by atoms with E-state index < -0.39 is 23.9 Å². The molecule has 0 saturated heterocycles. The Morgan fingerprint density at radius 2 is 0.512 bits per heavy atom. The molecule has 0 spiro atoms. The van der Waals surface area contributed by atoms with Gasteiger partial charge in [-0.1, -0.05) is 48.5 Å². The third-order valence-corrected chi connectivity index (χ3v) is 4.76. The summed E-state index contributed by atoms with van der Waals surface area (Å²) in [6.45, 7) is 0. The smallest absolute Gasteiger partial charge is 0.337 e. The molecule has 13 heteroatoms. The predicted molar refractivity (Wildman–Crippen MR) is 151 cm³/mol. The number of hydrogen-bond donors (Lipinski definition) is 8. The molecule has 0 bridgehead atoms. The zero-order valence-electron chi connectivity index (χ0n) is 21.5. The largest absolute Gasteiger partial charge is 0.478 e. The van der Waals surface area contributed by atoms with Crippen LogP contribution < -0.4 is 22.9 Å². The van der Waals surface area contributed by atoms with E-state index in [9.17, 15) is 19.2 Å². The summed E-state index contributed by atoms with van der Waals surface area (Å²) in [5.74, 6) is -3.95. The molecule has 0 aliphatic heterocycles. The molecule has 4 aromatic rings. The number of para-hydroxylation sites is 4. The minimum absolute atomic E-state index is 0. The molecule has 4 aromatic carbocycles. The van der Waals surface area contributed by atoms with Crippen molar-refractivity contribution in [2.24, 2.45) is 0 Å². The number of hydrogen-bond acceptors (Lipinski definition) is 8. The Morgan fingerprint density at radius 3 is 0.610 bits per heavy atom. The molecule has 0 fully saturated rings. The van der Waals surface area contributed by atoms with E-state index in [-0.39, 0.29) is 44.0 Å². The van der Waals surface area contributed by atoms with Crippen molar-refractivity contribution in [3.05, 3.63) is 119 Å². The first-order chi connectivity index (χ1) is 18.9. The van der Waals surface area contributed by atoms with Gasteiger partial charge in [0, 0.05) is 44.5 Å². The van der Waals surface area contributed by atoms with Gasteiger partial charge in [-0.2, -0.15) is 0 Å². The molecule has 212 valence electrons. The standard InChI is InChI=1S/4C7H7NO2.Ti/c4*8-6-4-2-1-3-5(6)7(9)10;/h4*1-4H,8H2,(H,9,10);. The Balaban J connectivity index is 0.000000516. The first-order valence-electron chi connectivity index (χ1n) is 11.2. The van der Waals surface area contributed by atoms with Gasteiger partial charge in [0.25, 0.3) is 0 Å². The van der Waals surface area contributed by atoms with Gasteiger partial charge in [-0.05, 0) is 48.5 Å². The summed E-state index contributed by atoms with van der Waals surface area (Å²) < 4.78 is 0. The molecule has 4 rings (SSSR count). The normalized spacial score (nSPS) is 8.98. The average Bonchev–Trinajstić information content (AvgIpc) is 2.90. The van der Waals surface area contributed by atoms with Gasteiger partial charge in [0.05, 0.1) is 22.3 Å². The second-order valence-electron chi connectivity index (χ2n) is 7.57. The summed E-state index contributed by atoms with van der Waals surface area (Å²) in [7, 11) is 0. The average molecular weight is 596 g/mol. The molecule has 12 N–H and O–H groups in total. The van der Waals surface area contributed by atoms with Crippen molar-refractivity contribution in [2.45, 2.75) is 0 Å². The molecule has 0 aliphatic carbocycles. The van der Waals surface area contributed by atoms with Crippen LogP contribution in [0.4, 0.5) is 22.7 Å². The van der Waals surface area contributed by atoms with Gasteiger partial charge in [0.2, 0.25) is 0 Å². The minimum atomic E-state index is -0.988. The van der Waals surface area contributed by atoms with Crippen LogP contribution in [-0.2, 0) is 21.7 Å². The van der Waals surface area contributed by atoms with Crippen molar-refractivity contribution >= 4 is 46.6 Å². The summed E-state index contributed by atoms with van der Waals surface area (Å²) in [6, 6.07) is 25.5. The van der Waals surface area contributed by atoms with Crippen molar-refractivity contribution in [1.29, 1.82) is 0 Å². The fourth-order valence-electron chi connectivity index (χ4n) is 2.77. The molecule has 0 atom stereocenters. The maximum Gasteiger partial charge on any atom is 0.337 e. The van der Waals surface area contributed by atoms with Crippen molar-refractivity contribution in [3.63, 3.8) is 0 Å². The van der Waals surface area contributed by atoms with E-state index in [1.54, 1.807) is 72.8 Å². The van der Waals surface area contributed by atoms with Crippen molar-refractivity contribution in [1.82, 2.24) is 0 Å². The number of carboxylic acids is 4. The summed E-state index contributed by atoms with van der Waals surface area (Å²) in [6.07, 6.45) is 0. The molecular formula is C28H28N4O8Ti. The van der Waals surface area contributed by atoms with Crippen molar-refractivity contribution in [2.75, 3.05) is 22.9 Å². The number of carboxylic acid groups (broad SMARTS) is 4. The molecule has 0 heterocycles. The molecule has 0 amide bonds. The molecule has 0 saturated carbocycles. The van der Waals surface area contributed by atoms with Crippen LogP contribution in [0.15, 0.2) is 97.1 Å². The zero-order valence-corrected chi connectivity index (χ0v) is 23.0. The van der Waals surface area contributed by atoms with E-state index >= 15 is 0 Å². The SMILES string of the molecule is Nc1ccccc1C(=O)O.Nc1ccccc1C(=O)O.Nc1ccccc1C(=O)O.Nc1ccccc1C(=O)O.[Ti]. The van der Waals surface area contributed by atoms with Crippen LogP contribution in [0.5, 0.6) is 0 Å². The first kappa shape index (κ1) is 35.7. The summed E-state index contributed by atoms with van der Waals surface area (Å²) in [5, 5.41) is 33.9. The molecule has 0 radical (unpaired) electrons. The fourth-order valence-corrected chi connectivity index (χ4v) is 2.77. The molecule has 0 aliphatic rings. The van der Waals surface area contributed by atoms with Gasteiger partial charge >= 0.3 is 23.9 Å². The zero-order chi connectivity index (χ0) is 30.2. The van der Waals surface area contributed by atoms with Crippen LogP contribution in [0, 0.1) is 0 Å². The van der Waals surface area contributed by atoms with Crippen molar-refractivity contribution in [3.8, 4) is 0 Å². The van der Waals surface area contributed by atoms with E-state index in [2.05, 4.69) is 0 Å². The van der Waals surface area contributed by atoms with Gasteiger partial charge in [-0.3, -0.25) is 0 Å². The van der Waals surface area contributed by atoms with E-state index in [0.29, 0.717) is 22.7 Å². The second-order valence-corrected chi connectivity index (χ2v) is 7.57. The summed E-state index contributed by atoms with van der Waals surface area (Å²) in [5.41, 5.74) is 23.2. The first-order valence-corrected chi connectivity index (χ1v) is 11.2. The molecule has 12 nitrogen and oxygen atoms in total. The van der Waals surface area contributed by atoms with Gasteiger partial charge in [-0.25, -0.2) is 19.2 Å². The quantitative estimate of drug-likeness (QED) is 0.123. The van der Waals surface area contributed by atoms with Gasteiger partial charge < -0.3 is 43.4 Å². The van der Waals surface area contributed by atoms with E-state index in [1.807, 2.05) is 0 Å². The predicted octanol–water partition coefficient (Wildman–Crippen LogP) is 3.87. The maximum absolute atomic E-state index is 10.3. The van der Waals surface area contributed by atoms with E-state index in [0.717, 1.165) is 0 Å². The van der Waals surface area contributed by atoms with E-state index in [4.69, 9.17) is 43.4 Å². The van der Waals surface area contributed by atoms with E-state index in [1.165, 1.54) is 24.3 Å². The van der Waals surface area contributed by atoms with Crippen molar-refractivity contribution < 1.29 is 61.3 Å². The number of nitrogen functional groups attached to an aromatic ring is 4. The topological polar surface area (TPSA) is 253 Å². The number of nitrogens with two attached hydrogens (primary N) is 4. The monoisotopic (exact) mass is 596 g/mol. The number of benzene rings is 4. The Labute approximate surface area is 249 Å². The Kier molecular flexibility index (Phi) is 15.7. The molecule has 0 aromatic heterocycles. The second kappa shape index (κ2) is 18.0. The number of carbonyl (C=O) groups is 4. The van der Waals surface area contributed by atoms with Crippen LogP contribution in [0.2, 0.25) is 0 Å². The van der Waals surface area contributed by atoms with Crippen LogP contribution in [0.1, 0.15) is 41.4 Å². The van der Waals surface area contributed by atoms with Crippen LogP contribution in [0.3, 0.4) is 0 Å². The number of aromatic carboxylic acids is 4. The minimum Gasteiger partial charge on any atom is -0.478 e. The third-order valence-electron chi connectivity index (χ3n) is 4.76. The molecular weight excluding hydrogens is 568 g/mol. The Hall–Kier alpha value is -5.33. The summed E-state index contributed by atoms with van der Waals surface area (Å²) in [4.78, 5) is 41.4. The van der Waals surface area contributed by atoms with Crippen LogP contribution in [-0.4, -0.2) is 44.3 Å². The molecule has 0 unspecified atom stereocenters. The Morgan fingerprint density at radius 1 is 0.366 bits per heavy atom. The molecule has 41 heavy (non-hydrogen) atoms. The number of rotatable bonds is 4. The van der Waals surface area contributed by atoms with Gasteiger partial charge in [0.15, 0.2) is 0 Å². The van der Waals surface area contributed by atoms with Gasteiger partial charge in [-0.15, -0.1) is 0 Å². The third kappa shape index (κ3) is 12.4. The van der Waals surface area contributed by atoms with Crippen LogP contribution in [0.25, 0.3) is 0 Å². The van der Waals surface area contributed by atoms with Crippen LogP contribution >= 0.6 is 0 Å². The number of anilines is 4. The Bertz CT molecular complexity index is 1260. The summed E-state index contributed by atoms with van der Waals surface area (Å²) >= 11 is 0. The maximum atomic E-state index is 10.3. The van der Waals surface area contributed by atoms with Gasteiger partial charge in [0.1, 0.15) is 0 Å². The fraction of sp³-hybridized carbons (Fsp3) is 0.